The van der Waals surface area contributed by atoms with Gasteiger partial charge in [-0.15, -0.1) is 0 Å². The number of benzene rings is 1. The monoisotopic (exact) mass is 269 g/mol. The van der Waals surface area contributed by atoms with Gasteiger partial charge in [-0.1, -0.05) is 31.2 Å². The lowest BCUT2D eigenvalue weighted by molar-refractivity contribution is 0.727. The minimum atomic E-state index is 0.877. The molecule has 1 aliphatic carbocycles. The number of nitrogens with one attached hydrogen (secondary N) is 1. The highest BCUT2D eigenvalue weighted by molar-refractivity contribution is 5.94. The molecule has 0 saturated heterocycles. The third-order valence-corrected chi connectivity index (χ3v) is 4.01. The molecular formula is C17H23N3. The lowest BCUT2D eigenvalue weighted by atomic mass is 10.1. The van der Waals surface area contributed by atoms with Crippen LogP contribution >= 0.6 is 0 Å². The highest BCUT2D eigenvalue weighted by Crippen LogP contribution is 2.33. The number of anilines is 1. The number of aromatic nitrogens is 1. The number of nitrogens with zero attached hydrogens (tertiary/aromatic N) is 2. The Morgan fingerprint density at radius 2 is 2.00 bits per heavy atom. The molecular weight excluding hydrogens is 246 g/mol. The molecule has 20 heavy (non-hydrogen) atoms. The molecule has 0 atom stereocenters. The van der Waals surface area contributed by atoms with E-state index in [-0.39, 0.29) is 0 Å². The number of rotatable bonds is 6. The molecule has 106 valence electrons. The van der Waals surface area contributed by atoms with Gasteiger partial charge in [0.25, 0.3) is 0 Å². The van der Waals surface area contributed by atoms with Crippen LogP contribution in [0.25, 0.3) is 10.8 Å². The van der Waals surface area contributed by atoms with Gasteiger partial charge in [-0.05, 0) is 36.3 Å². The minimum Gasteiger partial charge on any atom is -0.359 e. The Morgan fingerprint density at radius 1 is 1.25 bits per heavy atom. The maximum Gasteiger partial charge on any atom is 0.136 e. The summed E-state index contributed by atoms with van der Waals surface area (Å²) >= 11 is 0. The van der Waals surface area contributed by atoms with E-state index in [1.807, 2.05) is 6.20 Å². The van der Waals surface area contributed by atoms with Crippen molar-refractivity contribution in [1.29, 1.82) is 0 Å². The van der Waals surface area contributed by atoms with Crippen LogP contribution in [0.15, 0.2) is 30.5 Å². The van der Waals surface area contributed by atoms with Gasteiger partial charge in [0.2, 0.25) is 0 Å². The molecule has 1 aliphatic rings. The van der Waals surface area contributed by atoms with Crippen molar-refractivity contribution in [3.05, 3.63) is 36.0 Å². The molecule has 3 nitrogen and oxygen atoms in total. The molecule has 1 saturated carbocycles. The van der Waals surface area contributed by atoms with Crippen LogP contribution in [0.3, 0.4) is 0 Å². The number of hydrogen-bond acceptors (Lipinski definition) is 3. The molecule has 1 N–H and O–H groups in total. The summed E-state index contributed by atoms with van der Waals surface area (Å²) in [5, 5.41) is 5.98. The normalized spacial score (nSPS) is 14.7. The molecule has 2 aromatic rings. The highest BCUT2D eigenvalue weighted by Gasteiger charge is 2.24. The Hall–Kier alpha value is -1.61. The molecule has 0 radical (unpaired) electrons. The average molecular weight is 269 g/mol. The van der Waals surface area contributed by atoms with Crippen LogP contribution in [-0.4, -0.2) is 25.1 Å². The molecule has 1 aromatic carbocycles. The summed E-state index contributed by atoms with van der Waals surface area (Å²) in [6, 6.07) is 8.62. The Balaban J connectivity index is 1.96. The zero-order chi connectivity index (χ0) is 13.9. The summed E-state index contributed by atoms with van der Waals surface area (Å²) in [4.78, 5) is 7.04. The van der Waals surface area contributed by atoms with Crippen molar-refractivity contribution >= 4 is 16.6 Å². The summed E-state index contributed by atoms with van der Waals surface area (Å²) < 4.78 is 0. The minimum absolute atomic E-state index is 0.877. The Kier molecular flexibility index (Phi) is 3.88. The lowest BCUT2D eigenvalue weighted by Gasteiger charge is -2.21. The van der Waals surface area contributed by atoms with E-state index in [1.165, 1.54) is 29.2 Å². The Morgan fingerprint density at radius 3 is 2.70 bits per heavy atom. The van der Waals surface area contributed by atoms with Crippen molar-refractivity contribution in [2.45, 2.75) is 26.3 Å². The van der Waals surface area contributed by atoms with Gasteiger partial charge in [0, 0.05) is 31.7 Å². The first kappa shape index (κ1) is 13.4. The van der Waals surface area contributed by atoms with Crippen molar-refractivity contribution in [3.63, 3.8) is 0 Å². The fourth-order valence-electron chi connectivity index (χ4n) is 2.72. The molecule has 0 amide bonds. The Labute approximate surface area is 121 Å². The summed E-state index contributed by atoms with van der Waals surface area (Å²) in [5.74, 6) is 2.00. The molecule has 0 unspecified atom stereocenters. The van der Waals surface area contributed by atoms with E-state index < -0.39 is 0 Å². The van der Waals surface area contributed by atoms with Gasteiger partial charge in [0.05, 0.1) is 0 Å². The fraction of sp³-hybridized carbons (Fsp3) is 0.471. The first-order valence-corrected chi connectivity index (χ1v) is 7.58. The topological polar surface area (TPSA) is 28.2 Å². The molecule has 0 bridgehead atoms. The molecule has 3 rings (SSSR count). The summed E-state index contributed by atoms with van der Waals surface area (Å²) in [5.41, 5.74) is 1.28. The molecule has 1 aromatic heterocycles. The molecule has 3 heteroatoms. The smallest absolute Gasteiger partial charge is 0.136 e. The van der Waals surface area contributed by atoms with E-state index >= 15 is 0 Å². The van der Waals surface area contributed by atoms with Crippen LogP contribution in [0.5, 0.6) is 0 Å². The summed E-state index contributed by atoms with van der Waals surface area (Å²) in [7, 11) is 2.16. The van der Waals surface area contributed by atoms with Crippen LogP contribution in [0, 0.1) is 5.92 Å². The molecule has 0 spiro atoms. The van der Waals surface area contributed by atoms with Crippen molar-refractivity contribution < 1.29 is 0 Å². The average Bonchev–Trinajstić information content (AvgIpc) is 3.28. The summed E-state index contributed by atoms with van der Waals surface area (Å²) in [6.45, 7) is 5.13. The van der Waals surface area contributed by atoms with Crippen molar-refractivity contribution in [2.24, 2.45) is 5.92 Å². The number of fused-ring (bicyclic) bond motifs is 1. The number of pyridine rings is 1. The maximum atomic E-state index is 4.73. The third-order valence-electron chi connectivity index (χ3n) is 4.01. The quantitative estimate of drug-likeness (QED) is 0.873. The second kappa shape index (κ2) is 5.80. The van der Waals surface area contributed by atoms with E-state index in [2.05, 4.69) is 48.5 Å². The summed E-state index contributed by atoms with van der Waals surface area (Å²) in [6.07, 6.45) is 4.78. The first-order valence-electron chi connectivity index (χ1n) is 7.58. The predicted octanol–water partition coefficient (Wildman–Crippen LogP) is 3.19. The lowest BCUT2D eigenvalue weighted by Crippen LogP contribution is -2.22. The van der Waals surface area contributed by atoms with Crippen LogP contribution in [0.4, 0.5) is 5.82 Å². The standard InChI is InChI=1S/C17H23N3/c1-3-18-10-14-11-19-17(20(2)12-13-8-9-13)16-7-5-4-6-15(14)16/h4-7,11,13,18H,3,8-10,12H2,1-2H3. The van der Waals surface area contributed by atoms with Crippen LogP contribution in [0.2, 0.25) is 0 Å². The van der Waals surface area contributed by atoms with E-state index in [1.54, 1.807) is 0 Å². The van der Waals surface area contributed by atoms with Gasteiger partial charge in [-0.2, -0.15) is 0 Å². The van der Waals surface area contributed by atoms with Crippen LogP contribution < -0.4 is 10.2 Å². The maximum absolute atomic E-state index is 4.73. The molecule has 1 heterocycles. The van der Waals surface area contributed by atoms with Gasteiger partial charge in [0.15, 0.2) is 0 Å². The van der Waals surface area contributed by atoms with Crippen LogP contribution in [-0.2, 0) is 6.54 Å². The van der Waals surface area contributed by atoms with E-state index in [9.17, 15) is 0 Å². The second-order valence-corrected chi connectivity index (χ2v) is 5.76. The largest absolute Gasteiger partial charge is 0.359 e. The van der Waals surface area contributed by atoms with Gasteiger partial charge >= 0.3 is 0 Å². The molecule has 1 fully saturated rings. The predicted molar refractivity (Wildman–Crippen MR) is 85.1 cm³/mol. The van der Waals surface area contributed by atoms with Gasteiger partial charge in [-0.3, -0.25) is 0 Å². The Bertz CT molecular complexity index is 590. The van der Waals surface area contributed by atoms with Crippen molar-refractivity contribution in [3.8, 4) is 0 Å². The second-order valence-electron chi connectivity index (χ2n) is 5.76. The highest BCUT2D eigenvalue weighted by atomic mass is 15.2. The van der Waals surface area contributed by atoms with Gasteiger partial charge in [0.1, 0.15) is 5.82 Å². The zero-order valence-corrected chi connectivity index (χ0v) is 12.4. The zero-order valence-electron chi connectivity index (χ0n) is 12.4. The SMILES string of the molecule is CCNCc1cnc(N(C)CC2CC2)c2ccccc12. The van der Waals surface area contributed by atoms with E-state index in [4.69, 9.17) is 4.98 Å². The van der Waals surface area contributed by atoms with Gasteiger partial charge < -0.3 is 10.2 Å². The van der Waals surface area contributed by atoms with Crippen molar-refractivity contribution in [1.82, 2.24) is 10.3 Å². The van der Waals surface area contributed by atoms with Gasteiger partial charge in [-0.25, -0.2) is 4.98 Å². The first-order chi connectivity index (χ1) is 9.79. The number of hydrogen-bond donors (Lipinski definition) is 1. The fourth-order valence-corrected chi connectivity index (χ4v) is 2.72. The van der Waals surface area contributed by atoms with E-state index in [0.29, 0.717) is 0 Å². The van der Waals surface area contributed by atoms with Crippen LogP contribution in [0.1, 0.15) is 25.3 Å². The third kappa shape index (κ3) is 2.78. The van der Waals surface area contributed by atoms with E-state index in [0.717, 1.165) is 31.4 Å². The van der Waals surface area contributed by atoms with Crippen molar-refractivity contribution in [2.75, 3.05) is 25.0 Å². The molecule has 0 aliphatic heterocycles.